The summed E-state index contributed by atoms with van der Waals surface area (Å²) >= 11 is 0. The average molecular weight is 324 g/mol. The Hall–Kier alpha value is -3.35. The van der Waals surface area contributed by atoms with Gasteiger partial charge in [0.1, 0.15) is 16.4 Å². The number of phenolic OH excluding ortho intramolecular Hbond substituents is 1. The largest absolute Gasteiger partial charge is 0.508 e. The first-order valence-electron chi connectivity index (χ1n) is 7.44. The van der Waals surface area contributed by atoms with E-state index in [-0.39, 0.29) is 16.4 Å². The van der Waals surface area contributed by atoms with Crippen LogP contribution in [0.25, 0.3) is 12.2 Å². The molecule has 0 radical (unpaired) electrons. The van der Waals surface area contributed by atoms with Crippen molar-refractivity contribution in [3.8, 4) is 5.75 Å². The molecule has 0 aliphatic carbocycles. The van der Waals surface area contributed by atoms with E-state index in [0.717, 1.165) is 12.1 Å². The Morgan fingerprint density at radius 2 is 1.83 bits per heavy atom. The van der Waals surface area contributed by atoms with E-state index in [1.54, 1.807) is 18.5 Å². The first-order valence-corrected chi connectivity index (χ1v) is 7.44. The molecule has 0 aliphatic rings. The number of H-pyrrole nitrogens is 3. The number of nitrogens with one attached hydrogen (secondary N) is 3. The van der Waals surface area contributed by atoms with Crippen molar-refractivity contribution >= 4 is 12.2 Å². The Morgan fingerprint density at radius 3 is 2.50 bits per heavy atom. The molecule has 0 aliphatic heterocycles. The summed E-state index contributed by atoms with van der Waals surface area (Å²) in [5.41, 5.74) is 1.24. The van der Waals surface area contributed by atoms with Crippen LogP contribution in [0.3, 0.4) is 0 Å². The number of hydrogen-bond donors (Lipinski definition) is 4. The number of aromatic amines is 3. The Bertz CT molecular complexity index is 1110. The fraction of sp³-hybridized carbons (Fsp3) is 0.118. The van der Waals surface area contributed by atoms with Crippen LogP contribution in [0.15, 0.2) is 40.2 Å². The molecule has 3 rings (SSSR count). The lowest BCUT2D eigenvalue weighted by Crippen LogP contribution is -2.46. The van der Waals surface area contributed by atoms with E-state index < -0.39 is 11.1 Å². The third-order valence-corrected chi connectivity index (χ3v) is 3.55. The molecule has 1 aromatic carbocycles. The predicted molar refractivity (Wildman–Crippen MR) is 90.1 cm³/mol. The highest BCUT2D eigenvalue weighted by Gasteiger charge is 2.02. The minimum absolute atomic E-state index is 0.0816. The zero-order chi connectivity index (χ0) is 17.1. The molecule has 0 amide bonds. The maximum atomic E-state index is 12.2. The second kappa shape index (κ2) is 6.41. The number of phenols is 1. The maximum Gasteiger partial charge on any atom is 0.272 e. The zero-order valence-corrected chi connectivity index (χ0v) is 13.0. The lowest BCUT2D eigenvalue weighted by atomic mass is 10.2. The van der Waals surface area contributed by atoms with E-state index in [4.69, 9.17) is 0 Å². The Morgan fingerprint density at radius 1 is 1.12 bits per heavy atom. The third-order valence-electron chi connectivity index (χ3n) is 3.55. The van der Waals surface area contributed by atoms with Gasteiger partial charge >= 0.3 is 0 Å². The van der Waals surface area contributed by atoms with E-state index in [9.17, 15) is 14.7 Å². The van der Waals surface area contributed by atoms with Crippen LogP contribution in [0.4, 0.5) is 0 Å². The molecular weight excluding hydrogens is 308 g/mol. The van der Waals surface area contributed by atoms with Crippen LogP contribution in [0, 0.1) is 0 Å². The van der Waals surface area contributed by atoms with Gasteiger partial charge in [0, 0.05) is 5.69 Å². The molecule has 0 spiro atoms. The Kier molecular flexibility index (Phi) is 4.15. The molecule has 7 nitrogen and oxygen atoms in total. The van der Waals surface area contributed by atoms with Gasteiger partial charge in [0.2, 0.25) is 0 Å². The fourth-order valence-electron chi connectivity index (χ4n) is 2.35. The minimum atomic E-state index is -0.433. The molecule has 2 heterocycles. The van der Waals surface area contributed by atoms with Gasteiger partial charge in [0.05, 0.1) is 12.0 Å². The van der Waals surface area contributed by atoms with Crippen LogP contribution in [-0.2, 0) is 6.42 Å². The summed E-state index contributed by atoms with van der Waals surface area (Å²) in [5.74, 6) is 0.0816. The van der Waals surface area contributed by atoms with Gasteiger partial charge in [-0.15, -0.1) is 0 Å². The molecule has 0 bridgehead atoms. The lowest BCUT2D eigenvalue weighted by molar-refractivity contribution is 0.475. The molecule has 0 atom stereocenters. The fourth-order valence-corrected chi connectivity index (χ4v) is 2.35. The SMILES string of the molecule is CCc1[nH]cnc1/C=c1\[nH]c(=O)/c(=C/c2cccc(O)c2)[nH]c1=O. The molecule has 7 heteroatoms. The lowest BCUT2D eigenvalue weighted by Gasteiger charge is -1.95. The number of aromatic nitrogens is 4. The predicted octanol–water partition coefficient (Wildman–Crippen LogP) is -0.288. The first-order chi connectivity index (χ1) is 11.6. The summed E-state index contributed by atoms with van der Waals surface area (Å²) in [6.07, 6.45) is 5.31. The van der Waals surface area contributed by atoms with Crippen molar-refractivity contribution in [1.82, 2.24) is 19.9 Å². The summed E-state index contributed by atoms with van der Waals surface area (Å²) in [7, 11) is 0. The number of aryl methyl sites for hydroxylation is 1. The van der Waals surface area contributed by atoms with Crippen molar-refractivity contribution in [3.63, 3.8) is 0 Å². The van der Waals surface area contributed by atoms with Gasteiger partial charge in [-0.2, -0.15) is 0 Å². The van der Waals surface area contributed by atoms with Crippen molar-refractivity contribution in [2.75, 3.05) is 0 Å². The molecule has 0 fully saturated rings. The topological polar surface area (TPSA) is 115 Å². The Balaban J connectivity index is 2.14. The van der Waals surface area contributed by atoms with Crippen molar-refractivity contribution in [2.24, 2.45) is 0 Å². The smallest absolute Gasteiger partial charge is 0.272 e. The summed E-state index contributed by atoms with van der Waals surface area (Å²) in [6, 6.07) is 6.39. The number of hydrogen-bond acceptors (Lipinski definition) is 4. The second-order valence-electron chi connectivity index (χ2n) is 5.24. The maximum absolute atomic E-state index is 12.2. The zero-order valence-electron chi connectivity index (χ0n) is 13.0. The highest BCUT2D eigenvalue weighted by Crippen LogP contribution is 2.10. The standard InChI is InChI=1S/C17H16N4O3/c1-2-12-13(19-9-18-12)8-15-17(24)20-14(16(23)21-15)7-10-4-3-5-11(22)6-10/h3-9,22H,2H2,1H3,(H,18,19)(H,20,24)(H,21,23)/b14-7-,15-8-. The van der Waals surface area contributed by atoms with Crippen LogP contribution in [0.1, 0.15) is 23.9 Å². The summed E-state index contributed by atoms with van der Waals surface area (Å²) in [4.78, 5) is 36.6. The van der Waals surface area contributed by atoms with Crippen LogP contribution in [0.2, 0.25) is 0 Å². The molecule has 4 N–H and O–H groups in total. The molecule has 24 heavy (non-hydrogen) atoms. The van der Waals surface area contributed by atoms with E-state index in [1.807, 2.05) is 6.92 Å². The molecule has 122 valence electrons. The summed E-state index contributed by atoms with van der Waals surface area (Å²) in [5, 5.41) is 9.71. The van der Waals surface area contributed by atoms with Gasteiger partial charge in [-0.25, -0.2) is 4.98 Å². The molecule has 2 aromatic heterocycles. The van der Waals surface area contributed by atoms with Gasteiger partial charge in [0.15, 0.2) is 0 Å². The molecule has 0 saturated carbocycles. The van der Waals surface area contributed by atoms with Gasteiger partial charge in [-0.05, 0) is 36.3 Å². The van der Waals surface area contributed by atoms with Crippen molar-refractivity contribution in [2.45, 2.75) is 13.3 Å². The number of imidazole rings is 1. The monoisotopic (exact) mass is 324 g/mol. The van der Waals surface area contributed by atoms with Crippen LogP contribution in [-0.4, -0.2) is 25.0 Å². The van der Waals surface area contributed by atoms with Gasteiger partial charge in [-0.1, -0.05) is 19.1 Å². The number of aromatic hydroxyl groups is 1. The number of nitrogens with zero attached hydrogens (tertiary/aromatic N) is 1. The number of benzene rings is 1. The summed E-state index contributed by atoms with van der Waals surface area (Å²) < 4.78 is 0. The van der Waals surface area contributed by atoms with Gasteiger partial charge in [0.25, 0.3) is 11.1 Å². The highest BCUT2D eigenvalue weighted by atomic mass is 16.3. The first kappa shape index (κ1) is 15.5. The van der Waals surface area contributed by atoms with Gasteiger partial charge < -0.3 is 20.1 Å². The van der Waals surface area contributed by atoms with Crippen molar-refractivity contribution in [3.05, 3.63) is 78.9 Å². The third kappa shape index (κ3) is 3.19. The van der Waals surface area contributed by atoms with Crippen molar-refractivity contribution in [1.29, 1.82) is 0 Å². The molecular formula is C17H16N4O3. The van der Waals surface area contributed by atoms with Crippen LogP contribution < -0.4 is 21.8 Å². The quantitative estimate of drug-likeness (QED) is 0.530. The second-order valence-corrected chi connectivity index (χ2v) is 5.24. The van der Waals surface area contributed by atoms with Crippen molar-refractivity contribution < 1.29 is 5.11 Å². The van der Waals surface area contributed by atoms with E-state index >= 15 is 0 Å². The van der Waals surface area contributed by atoms with E-state index in [1.165, 1.54) is 24.3 Å². The molecule has 3 aromatic rings. The van der Waals surface area contributed by atoms with E-state index in [2.05, 4.69) is 19.9 Å². The van der Waals surface area contributed by atoms with Gasteiger partial charge in [-0.3, -0.25) is 9.59 Å². The molecule has 0 unspecified atom stereocenters. The number of rotatable bonds is 3. The average Bonchev–Trinajstić information content (AvgIpc) is 2.99. The van der Waals surface area contributed by atoms with Crippen LogP contribution in [0.5, 0.6) is 5.75 Å². The van der Waals surface area contributed by atoms with Crippen LogP contribution >= 0.6 is 0 Å². The normalized spacial score (nSPS) is 12.7. The highest BCUT2D eigenvalue weighted by molar-refractivity contribution is 5.50. The van der Waals surface area contributed by atoms with E-state index in [0.29, 0.717) is 11.3 Å². The Labute approximate surface area is 136 Å². The minimum Gasteiger partial charge on any atom is -0.508 e. The summed E-state index contributed by atoms with van der Waals surface area (Å²) in [6.45, 7) is 1.96. The molecule has 0 saturated heterocycles.